The minimum atomic E-state index is 0.384. The van der Waals surface area contributed by atoms with Gasteiger partial charge in [-0.25, -0.2) is 0 Å². The highest BCUT2D eigenvalue weighted by atomic mass is 15.2. The first-order chi connectivity index (χ1) is 9.59. The van der Waals surface area contributed by atoms with Crippen LogP contribution in [0.15, 0.2) is 30.3 Å². The molecule has 1 aromatic rings. The highest BCUT2D eigenvalue weighted by molar-refractivity contribution is 5.19. The third-order valence-corrected chi connectivity index (χ3v) is 4.89. The van der Waals surface area contributed by atoms with Gasteiger partial charge in [0.05, 0.1) is 0 Å². The molecule has 1 aliphatic carbocycles. The van der Waals surface area contributed by atoms with E-state index in [9.17, 15) is 0 Å². The Morgan fingerprint density at radius 2 is 1.80 bits per heavy atom. The van der Waals surface area contributed by atoms with Gasteiger partial charge in [-0.05, 0) is 53.0 Å². The molecule has 1 unspecified atom stereocenters. The number of rotatable bonds is 7. The van der Waals surface area contributed by atoms with E-state index in [0.717, 1.165) is 13.1 Å². The van der Waals surface area contributed by atoms with Gasteiger partial charge >= 0.3 is 0 Å². The van der Waals surface area contributed by atoms with Gasteiger partial charge < -0.3 is 10.2 Å². The lowest BCUT2D eigenvalue weighted by Gasteiger charge is -2.50. The lowest BCUT2D eigenvalue weighted by Crippen LogP contribution is -2.57. The van der Waals surface area contributed by atoms with E-state index in [1.165, 1.54) is 24.8 Å². The van der Waals surface area contributed by atoms with Gasteiger partial charge in [0.2, 0.25) is 0 Å². The quantitative estimate of drug-likeness (QED) is 0.824. The van der Waals surface area contributed by atoms with Gasteiger partial charge in [-0.2, -0.15) is 0 Å². The van der Waals surface area contributed by atoms with Gasteiger partial charge in [-0.15, -0.1) is 0 Å². The summed E-state index contributed by atoms with van der Waals surface area (Å²) in [5.41, 5.74) is 1.78. The van der Waals surface area contributed by atoms with Crippen molar-refractivity contribution in [1.82, 2.24) is 15.1 Å². The van der Waals surface area contributed by atoms with Crippen LogP contribution in [0.4, 0.5) is 0 Å². The third kappa shape index (κ3) is 3.22. The minimum Gasteiger partial charge on any atom is -0.318 e. The van der Waals surface area contributed by atoms with Crippen LogP contribution in [0.2, 0.25) is 0 Å². The van der Waals surface area contributed by atoms with Crippen molar-refractivity contribution in [3.8, 4) is 0 Å². The van der Waals surface area contributed by atoms with Crippen LogP contribution in [-0.2, 0) is 0 Å². The van der Waals surface area contributed by atoms with E-state index in [1.807, 2.05) is 7.05 Å². The number of likely N-dealkylation sites (N-methyl/N-ethyl adjacent to an activating group) is 3. The van der Waals surface area contributed by atoms with Crippen LogP contribution in [0.5, 0.6) is 0 Å². The molecule has 0 spiro atoms. The van der Waals surface area contributed by atoms with Crippen LogP contribution in [0, 0.1) is 0 Å². The van der Waals surface area contributed by atoms with Crippen LogP contribution in [-0.4, -0.2) is 56.6 Å². The van der Waals surface area contributed by atoms with Crippen molar-refractivity contribution in [1.29, 1.82) is 0 Å². The lowest BCUT2D eigenvalue weighted by atomic mass is 9.75. The Hall–Kier alpha value is -0.900. The van der Waals surface area contributed by atoms with Crippen LogP contribution < -0.4 is 5.32 Å². The molecule has 0 saturated heterocycles. The van der Waals surface area contributed by atoms with E-state index >= 15 is 0 Å². The minimum absolute atomic E-state index is 0.384. The van der Waals surface area contributed by atoms with Crippen molar-refractivity contribution >= 4 is 0 Å². The smallest absolute Gasteiger partial charge is 0.0470 e. The molecule has 1 aromatic carbocycles. The van der Waals surface area contributed by atoms with Crippen molar-refractivity contribution in [2.75, 3.05) is 41.3 Å². The summed E-state index contributed by atoms with van der Waals surface area (Å²) in [6, 6.07) is 11.3. The van der Waals surface area contributed by atoms with Gasteiger partial charge in [0, 0.05) is 24.7 Å². The first kappa shape index (κ1) is 15.5. The Morgan fingerprint density at radius 1 is 1.15 bits per heavy atom. The monoisotopic (exact) mass is 275 g/mol. The first-order valence-corrected chi connectivity index (χ1v) is 7.66. The number of hydrogen-bond acceptors (Lipinski definition) is 3. The summed E-state index contributed by atoms with van der Waals surface area (Å²) < 4.78 is 0. The summed E-state index contributed by atoms with van der Waals surface area (Å²) in [5, 5.41) is 3.34. The molecule has 1 saturated carbocycles. The summed E-state index contributed by atoms with van der Waals surface area (Å²) in [6.45, 7) is 2.13. The van der Waals surface area contributed by atoms with E-state index in [-0.39, 0.29) is 0 Å². The maximum atomic E-state index is 3.34. The van der Waals surface area contributed by atoms with Crippen molar-refractivity contribution in [3.05, 3.63) is 35.9 Å². The second kappa shape index (κ2) is 6.70. The van der Waals surface area contributed by atoms with E-state index < -0.39 is 0 Å². The third-order valence-electron chi connectivity index (χ3n) is 4.89. The molecule has 2 rings (SSSR count). The normalized spacial score (nSPS) is 19.1. The second-order valence-corrected chi connectivity index (χ2v) is 6.37. The SMILES string of the molecule is CNCC(c1ccccc1)N(C)CC1(N(C)C)CCC1. The van der Waals surface area contributed by atoms with Crippen molar-refractivity contribution < 1.29 is 0 Å². The van der Waals surface area contributed by atoms with Gasteiger partial charge in [0.15, 0.2) is 0 Å². The largest absolute Gasteiger partial charge is 0.318 e. The van der Waals surface area contributed by atoms with Crippen LogP contribution >= 0.6 is 0 Å². The van der Waals surface area contributed by atoms with Crippen LogP contribution in [0.1, 0.15) is 30.9 Å². The fourth-order valence-electron chi connectivity index (χ4n) is 3.30. The lowest BCUT2D eigenvalue weighted by molar-refractivity contribution is 0.0160. The molecule has 20 heavy (non-hydrogen) atoms. The summed E-state index contributed by atoms with van der Waals surface area (Å²) in [4.78, 5) is 4.94. The Kier molecular flexibility index (Phi) is 5.19. The summed E-state index contributed by atoms with van der Waals surface area (Å²) in [7, 11) is 8.75. The average Bonchev–Trinajstić information content (AvgIpc) is 2.40. The van der Waals surface area contributed by atoms with Crippen LogP contribution in [0.25, 0.3) is 0 Å². The predicted octanol–water partition coefficient (Wildman–Crippen LogP) is 2.36. The Morgan fingerprint density at radius 3 is 2.25 bits per heavy atom. The van der Waals surface area contributed by atoms with Crippen molar-refractivity contribution in [3.63, 3.8) is 0 Å². The molecular formula is C17H29N3. The zero-order chi connectivity index (χ0) is 14.6. The predicted molar refractivity (Wildman–Crippen MR) is 86.0 cm³/mol. The molecule has 0 heterocycles. The Bertz CT molecular complexity index is 398. The van der Waals surface area contributed by atoms with Gasteiger partial charge in [-0.1, -0.05) is 30.3 Å². The Labute approximate surface area is 124 Å². The van der Waals surface area contributed by atoms with E-state index in [2.05, 4.69) is 66.6 Å². The molecule has 0 bridgehead atoms. The summed E-state index contributed by atoms with van der Waals surface area (Å²) >= 11 is 0. The summed E-state index contributed by atoms with van der Waals surface area (Å²) in [6.07, 6.45) is 4.02. The number of benzene rings is 1. The molecule has 0 aromatic heterocycles. The molecule has 0 radical (unpaired) electrons. The molecule has 112 valence electrons. The molecule has 0 amide bonds. The standard InChI is InChI=1S/C17H29N3/c1-18-13-16(15-9-6-5-7-10-15)20(4)14-17(19(2)3)11-8-12-17/h5-7,9-10,16,18H,8,11-14H2,1-4H3. The molecule has 1 N–H and O–H groups in total. The maximum absolute atomic E-state index is 3.34. The number of nitrogens with zero attached hydrogens (tertiary/aromatic N) is 2. The topological polar surface area (TPSA) is 18.5 Å². The fourth-order valence-corrected chi connectivity index (χ4v) is 3.30. The van der Waals surface area contributed by atoms with Gasteiger partial charge in [0.25, 0.3) is 0 Å². The van der Waals surface area contributed by atoms with Crippen molar-refractivity contribution in [2.45, 2.75) is 30.8 Å². The highest BCUT2D eigenvalue weighted by Crippen LogP contribution is 2.38. The highest BCUT2D eigenvalue weighted by Gasteiger charge is 2.40. The first-order valence-electron chi connectivity index (χ1n) is 7.66. The molecular weight excluding hydrogens is 246 g/mol. The number of hydrogen-bond donors (Lipinski definition) is 1. The van der Waals surface area contributed by atoms with E-state index in [1.54, 1.807) is 0 Å². The Balaban J connectivity index is 2.09. The molecule has 0 aliphatic heterocycles. The molecule has 1 atom stereocenters. The summed E-state index contributed by atoms with van der Waals surface area (Å²) in [5.74, 6) is 0. The van der Waals surface area contributed by atoms with E-state index in [4.69, 9.17) is 0 Å². The molecule has 1 fully saturated rings. The average molecular weight is 275 g/mol. The molecule has 3 heteroatoms. The van der Waals surface area contributed by atoms with Crippen molar-refractivity contribution in [2.24, 2.45) is 0 Å². The fraction of sp³-hybridized carbons (Fsp3) is 0.647. The molecule has 3 nitrogen and oxygen atoms in total. The zero-order valence-corrected chi connectivity index (χ0v) is 13.4. The van der Waals surface area contributed by atoms with Gasteiger partial charge in [0.1, 0.15) is 0 Å². The molecule has 1 aliphatic rings. The zero-order valence-electron chi connectivity index (χ0n) is 13.4. The van der Waals surface area contributed by atoms with Crippen LogP contribution in [0.3, 0.4) is 0 Å². The maximum Gasteiger partial charge on any atom is 0.0470 e. The number of nitrogens with one attached hydrogen (secondary N) is 1. The van der Waals surface area contributed by atoms with E-state index in [0.29, 0.717) is 11.6 Å². The second-order valence-electron chi connectivity index (χ2n) is 6.37. The van der Waals surface area contributed by atoms with Gasteiger partial charge in [-0.3, -0.25) is 4.90 Å².